The van der Waals surface area contributed by atoms with Crippen LogP contribution in [-0.4, -0.2) is 85.8 Å². The molecule has 148 valence electrons. The van der Waals surface area contributed by atoms with Crippen molar-refractivity contribution in [3.8, 4) is 11.5 Å². The van der Waals surface area contributed by atoms with E-state index in [1.165, 1.54) is 6.07 Å². The van der Waals surface area contributed by atoms with E-state index in [4.69, 9.17) is 0 Å². The Morgan fingerprint density at radius 1 is 1.22 bits per heavy atom. The summed E-state index contributed by atoms with van der Waals surface area (Å²) >= 11 is 0. The third-order valence-electron chi connectivity index (χ3n) is 5.28. The number of fused-ring (bicyclic) bond motifs is 1. The summed E-state index contributed by atoms with van der Waals surface area (Å²) in [7, 11) is 2.05. The molecule has 1 unspecified atom stereocenters. The lowest BCUT2D eigenvalue weighted by molar-refractivity contribution is -0.287. The molecule has 4 rings (SSSR count). The van der Waals surface area contributed by atoms with Crippen molar-refractivity contribution >= 4 is 5.91 Å². The number of halogens is 2. The third-order valence-corrected chi connectivity index (χ3v) is 5.28. The summed E-state index contributed by atoms with van der Waals surface area (Å²) in [4.78, 5) is 19.0. The Morgan fingerprint density at radius 3 is 2.78 bits per heavy atom. The van der Waals surface area contributed by atoms with Crippen LogP contribution in [0.4, 0.5) is 8.78 Å². The van der Waals surface area contributed by atoms with Gasteiger partial charge in [0.25, 0.3) is 0 Å². The number of hydrogen-bond acceptors (Lipinski definition) is 6. The van der Waals surface area contributed by atoms with E-state index in [9.17, 15) is 13.6 Å². The van der Waals surface area contributed by atoms with Gasteiger partial charge < -0.3 is 24.6 Å². The normalized spacial score (nSPS) is 25.6. The maximum Gasteiger partial charge on any atom is 0.586 e. The molecule has 27 heavy (non-hydrogen) atoms. The Balaban J connectivity index is 1.40. The molecule has 3 aliphatic heterocycles. The molecule has 2 fully saturated rings. The van der Waals surface area contributed by atoms with Gasteiger partial charge in [-0.25, -0.2) is 0 Å². The van der Waals surface area contributed by atoms with Gasteiger partial charge >= 0.3 is 6.29 Å². The number of hydrogen-bond donors (Lipinski definition) is 1. The summed E-state index contributed by atoms with van der Waals surface area (Å²) in [5.41, 5.74) is 0.636. The van der Waals surface area contributed by atoms with Gasteiger partial charge in [-0.2, -0.15) is 0 Å². The summed E-state index contributed by atoms with van der Waals surface area (Å²) in [6, 6.07) is 4.62. The van der Waals surface area contributed by atoms with E-state index < -0.39 is 6.29 Å². The Hall–Kier alpha value is -1.97. The second-order valence-electron chi connectivity index (χ2n) is 7.28. The van der Waals surface area contributed by atoms with Crippen LogP contribution in [0.1, 0.15) is 5.56 Å². The third kappa shape index (κ3) is 3.99. The van der Waals surface area contributed by atoms with Crippen LogP contribution < -0.4 is 14.8 Å². The van der Waals surface area contributed by atoms with Crippen molar-refractivity contribution in [2.75, 3.05) is 52.9 Å². The number of carbonyl (C=O) groups excluding carboxylic acids is 1. The summed E-state index contributed by atoms with van der Waals surface area (Å²) in [5.74, 6) is 0.248. The monoisotopic (exact) mass is 382 g/mol. The largest absolute Gasteiger partial charge is 0.586 e. The van der Waals surface area contributed by atoms with Gasteiger partial charge in [-0.15, -0.1) is 8.78 Å². The van der Waals surface area contributed by atoms with Gasteiger partial charge in [0.1, 0.15) is 0 Å². The highest BCUT2D eigenvalue weighted by atomic mass is 19.3. The van der Waals surface area contributed by atoms with E-state index in [-0.39, 0.29) is 23.4 Å². The standard InChI is InChI=1S/C18H24F2N4O3/c1-22-7-9-24(10-8-22)17(25)14-12-23(6-5-21-14)11-13-3-2-4-15-16(13)27-18(19,20)26-15/h2-4,14,21H,5-12H2,1H3. The minimum absolute atomic E-state index is 0.0534. The van der Waals surface area contributed by atoms with Crippen LogP contribution in [-0.2, 0) is 11.3 Å². The summed E-state index contributed by atoms with van der Waals surface area (Å²) in [6.07, 6.45) is -3.62. The van der Waals surface area contributed by atoms with E-state index in [0.29, 0.717) is 25.2 Å². The average Bonchev–Trinajstić information content (AvgIpc) is 2.97. The lowest BCUT2D eigenvalue weighted by atomic mass is 10.1. The van der Waals surface area contributed by atoms with Crippen molar-refractivity contribution < 1.29 is 23.0 Å². The van der Waals surface area contributed by atoms with Gasteiger partial charge in [-0.05, 0) is 13.1 Å². The maximum absolute atomic E-state index is 13.4. The van der Waals surface area contributed by atoms with Gasteiger partial charge in [-0.3, -0.25) is 9.69 Å². The highest BCUT2D eigenvalue weighted by molar-refractivity contribution is 5.82. The lowest BCUT2D eigenvalue weighted by Crippen LogP contribution is -2.59. The first-order valence-corrected chi connectivity index (χ1v) is 9.22. The predicted molar refractivity (Wildman–Crippen MR) is 93.8 cm³/mol. The van der Waals surface area contributed by atoms with Crippen LogP contribution in [0.5, 0.6) is 11.5 Å². The molecule has 3 heterocycles. The number of benzene rings is 1. The second-order valence-corrected chi connectivity index (χ2v) is 7.28. The van der Waals surface area contributed by atoms with Crippen LogP contribution in [0.2, 0.25) is 0 Å². The van der Waals surface area contributed by atoms with Crippen molar-refractivity contribution in [1.82, 2.24) is 20.0 Å². The topological polar surface area (TPSA) is 57.3 Å². The van der Waals surface area contributed by atoms with E-state index in [1.807, 2.05) is 4.90 Å². The Morgan fingerprint density at radius 2 is 2.00 bits per heavy atom. The minimum Gasteiger partial charge on any atom is -0.395 e. The molecule has 0 radical (unpaired) electrons. The van der Waals surface area contributed by atoms with Crippen LogP contribution in [0.15, 0.2) is 18.2 Å². The second kappa shape index (κ2) is 7.21. The minimum atomic E-state index is -3.62. The number of para-hydroxylation sites is 1. The van der Waals surface area contributed by atoms with Crippen molar-refractivity contribution in [3.05, 3.63) is 23.8 Å². The smallest absolute Gasteiger partial charge is 0.395 e. The molecule has 2 saturated heterocycles. The molecule has 1 aromatic rings. The number of ether oxygens (including phenoxy) is 2. The van der Waals surface area contributed by atoms with E-state index in [1.54, 1.807) is 12.1 Å². The number of amides is 1. The van der Waals surface area contributed by atoms with Gasteiger partial charge in [0, 0.05) is 57.9 Å². The van der Waals surface area contributed by atoms with Gasteiger partial charge in [0.05, 0.1) is 6.04 Å². The molecule has 0 bridgehead atoms. The van der Waals surface area contributed by atoms with Gasteiger partial charge in [0.15, 0.2) is 11.5 Å². The number of rotatable bonds is 3. The van der Waals surface area contributed by atoms with Crippen LogP contribution in [0.25, 0.3) is 0 Å². The number of alkyl halides is 2. The fourth-order valence-electron chi connectivity index (χ4n) is 3.76. The van der Waals surface area contributed by atoms with Gasteiger partial charge in [-0.1, -0.05) is 12.1 Å². The van der Waals surface area contributed by atoms with E-state index in [2.05, 4.69) is 31.6 Å². The maximum atomic E-state index is 13.4. The molecule has 0 saturated carbocycles. The molecule has 1 aromatic carbocycles. The molecule has 0 aliphatic carbocycles. The molecular weight excluding hydrogens is 358 g/mol. The molecule has 3 aliphatic rings. The van der Waals surface area contributed by atoms with Crippen molar-refractivity contribution in [3.63, 3.8) is 0 Å². The number of nitrogens with zero attached hydrogens (tertiary/aromatic N) is 3. The Kier molecular flexibility index (Phi) is 4.92. The molecule has 1 atom stereocenters. The summed E-state index contributed by atoms with van der Waals surface area (Å²) < 4.78 is 35.9. The molecule has 0 aromatic heterocycles. The molecule has 9 heteroatoms. The number of carbonyl (C=O) groups is 1. The zero-order chi connectivity index (χ0) is 19.0. The highest BCUT2D eigenvalue weighted by Gasteiger charge is 2.44. The zero-order valence-corrected chi connectivity index (χ0v) is 15.3. The van der Waals surface area contributed by atoms with Gasteiger partial charge in [0.2, 0.25) is 5.91 Å². The van der Waals surface area contributed by atoms with Crippen LogP contribution >= 0.6 is 0 Å². The Bertz CT molecular complexity index is 710. The molecule has 7 nitrogen and oxygen atoms in total. The van der Waals surface area contributed by atoms with Crippen molar-refractivity contribution in [2.45, 2.75) is 18.9 Å². The first-order valence-electron chi connectivity index (χ1n) is 9.22. The number of nitrogens with one attached hydrogen (secondary N) is 1. The number of piperazine rings is 2. The number of likely N-dealkylation sites (N-methyl/N-ethyl adjacent to an activating group) is 1. The van der Waals surface area contributed by atoms with E-state index in [0.717, 1.165) is 32.7 Å². The zero-order valence-electron chi connectivity index (χ0n) is 15.3. The molecule has 1 amide bonds. The molecule has 0 spiro atoms. The Labute approximate surface area is 156 Å². The quantitative estimate of drug-likeness (QED) is 0.825. The van der Waals surface area contributed by atoms with Crippen molar-refractivity contribution in [2.24, 2.45) is 0 Å². The lowest BCUT2D eigenvalue weighted by Gasteiger charge is -2.38. The average molecular weight is 382 g/mol. The summed E-state index contributed by atoms with van der Waals surface area (Å²) in [6.45, 7) is 5.59. The fraction of sp³-hybridized carbons (Fsp3) is 0.611. The predicted octanol–water partition coefficient (Wildman–Crippen LogP) is 0.556. The van der Waals surface area contributed by atoms with E-state index >= 15 is 0 Å². The van der Waals surface area contributed by atoms with Crippen LogP contribution in [0.3, 0.4) is 0 Å². The van der Waals surface area contributed by atoms with Crippen LogP contribution in [0, 0.1) is 0 Å². The molecule has 1 N–H and O–H groups in total. The SMILES string of the molecule is CN1CCN(C(=O)C2CN(Cc3cccc4c3OC(F)(F)O4)CCN2)CC1. The highest BCUT2D eigenvalue weighted by Crippen LogP contribution is 2.43. The first-order chi connectivity index (χ1) is 12.9. The van der Waals surface area contributed by atoms with Crippen molar-refractivity contribution in [1.29, 1.82) is 0 Å². The molecular formula is C18H24F2N4O3. The first kappa shape index (κ1) is 18.4. The summed E-state index contributed by atoms with van der Waals surface area (Å²) in [5, 5.41) is 3.29. The fourth-order valence-corrected chi connectivity index (χ4v) is 3.76.